The molecule has 2 aliphatic heterocycles. The zero-order chi connectivity index (χ0) is 13.0. The van der Waals surface area contributed by atoms with Crippen molar-refractivity contribution in [3.8, 4) is 0 Å². The van der Waals surface area contributed by atoms with Crippen molar-refractivity contribution in [1.29, 1.82) is 0 Å². The van der Waals surface area contributed by atoms with Crippen molar-refractivity contribution < 1.29 is 14.6 Å². The molecule has 2 atom stereocenters. The van der Waals surface area contributed by atoms with E-state index in [-0.39, 0.29) is 5.60 Å². The van der Waals surface area contributed by atoms with Gasteiger partial charge in [0.25, 0.3) is 0 Å². The highest BCUT2D eigenvalue weighted by atomic mass is 32.2. The van der Waals surface area contributed by atoms with Gasteiger partial charge in [0.05, 0.1) is 5.60 Å². The van der Waals surface area contributed by atoms with Gasteiger partial charge in [0.2, 0.25) is 0 Å². The van der Waals surface area contributed by atoms with Crippen molar-refractivity contribution >= 4 is 29.5 Å². The Hall–Kier alpha value is 0.0900. The van der Waals surface area contributed by atoms with E-state index in [2.05, 4.69) is 0 Å². The summed E-state index contributed by atoms with van der Waals surface area (Å²) in [6, 6.07) is -0.740. The van der Waals surface area contributed by atoms with Crippen LogP contribution in [0.1, 0.15) is 25.7 Å². The minimum Gasteiger partial charge on any atom is -0.480 e. The minimum absolute atomic E-state index is 0.0779. The van der Waals surface area contributed by atoms with Gasteiger partial charge < -0.3 is 15.6 Å². The van der Waals surface area contributed by atoms with Gasteiger partial charge in [-0.05, 0) is 37.2 Å². The summed E-state index contributed by atoms with van der Waals surface area (Å²) in [7, 11) is 0. The lowest BCUT2D eigenvalue weighted by Crippen LogP contribution is -2.44. The molecule has 1 spiro atoms. The Labute approximate surface area is 116 Å². The molecule has 2 aliphatic rings. The first-order valence-electron chi connectivity index (χ1n) is 6.43. The molecule has 104 valence electrons. The first-order chi connectivity index (χ1) is 8.61. The summed E-state index contributed by atoms with van der Waals surface area (Å²) in [5, 5.41) is 9.29. The van der Waals surface area contributed by atoms with Crippen molar-refractivity contribution in [2.75, 3.05) is 23.9 Å². The van der Waals surface area contributed by atoms with Crippen LogP contribution in [0.3, 0.4) is 0 Å². The van der Waals surface area contributed by atoms with E-state index in [4.69, 9.17) is 15.6 Å². The molecule has 1 unspecified atom stereocenters. The Balaban J connectivity index is 1.81. The van der Waals surface area contributed by atoms with Crippen LogP contribution in [0.5, 0.6) is 0 Å². The number of thioether (sulfide) groups is 2. The maximum Gasteiger partial charge on any atom is 0.321 e. The van der Waals surface area contributed by atoms with Crippen LogP contribution in [-0.4, -0.2) is 51.8 Å². The molecular weight excluding hydrogens is 270 g/mol. The highest BCUT2D eigenvalue weighted by molar-refractivity contribution is 8.00. The Morgan fingerprint density at radius 2 is 2.28 bits per heavy atom. The fourth-order valence-corrected chi connectivity index (χ4v) is 5.07. The number of nitrogens with two attached hydrogens (primary N) is 1. The van der Waals surface area contributed by atoms with E-state index in [1.54, 1.807) is 11.8 Å². The molecule has 18 heavy (non-hydrogen) atoms. The summed E-state index contributed by atoms with van der Waals surface area (Å²) in [5.41, 5.74) is 5.63. The molecule has 2 saturated heterocycles. The topological polar surface area (TPSA) is 72.5 Å². The first kappa shape index (κ1) is 14.5. The van der Waals surface area contributed by atoms with Crippen LogP contribution in [0, 0.1) is 0 Å². The van der Waals surface area contributed by atoms with Gasteiger partial charge in [-0.1, -0.05) is 0 Å². The van der Waals surface area contributed by atoms with Crippen LogP contribution in [0.15, 0.2) is 0 Å². The van der Waals surface area contributed by atoms with Crippen LogP contribution in [0.25, 0.3) is 0 Å². The van der Waals surface area contributed by atoms with Gasteiger partial charge in [-0.3, -0.25) is 4.79 Å². The van der Waals surface area contributed by atoms with Gasteiger partial charge in [0, 0.05) is 17.6 Å². The standard InChI is InChI=1S/C12H21NO3S2/c13-10(11(14)15)8-18-9-1-4-16-12(7-9)2-5-17-6-3-12/h9-10H,1-8,13H2,(H,14,15)/t9?,10-/m1/s1. The lowest BCUT2D eigenvalue weighted by atomic mass is 9.88. The molecule has 0 radical (unpaired) electrons. The highest BCUT2D eigenvalue weighted by Crippen LogP contribution is 2.40. The zero-order valence-electron chi connectivity index (χ0n) is 10.5. The maximum absolute atomic E-state index is 10.7. The number of aliphatic carboxylic acids is 1. The van der Waals surface area contributed by atoms with E-state index in [1.807, 2.05) is 11.8 Å². The van der Waals surface area contributed by atoms with Gasteiger partial charge in [-0.15, -0.1) is 0 Å². The fourth-order valence-electron chi connectivity index (χ4n) is 2.53. The Kier molecular flexibility index (Phi) is 5.24. The molecule has 3 N–H and O–H groups in total. The molecule has 0 aromatic rings. The lowest BCUT2D eigenvalue weighted by Gasteiger charge is -2.43. The highest BCUT2D eigenvalue weighted by Gasteiger charge is 2.38. The number of carbonyl (C=O) groups is 1. The van der Waals surface area contributed by atoms with E-state index in [9.17, 15) is 4.79 Å². The van der Waals surface area contributed by atoms with Gasteiger partial charge in [-0.2, -0.15) is 23.5 Å². The Morgan fingerprint density at radius 3 is 2.94 bits per heavy atom. The van der Waals surface area contributed by atoms with Crippen LogP contribution in [-0.2, 0) is 9.53 Å². The minimum atomic E-state index is -0.904. The van der Waals surface area contributed by atoms with Crippen molar-refractivity contribution in [2.45, 2.75) is 42.6 Å². The summed E-state index contributed by atoms with van der Waals surface area (Å²) >= 11 is 3.71. The van der Waals surface area contributed by atoms with Crippen molar-refractivity contribution in [3.05, 3.63) is 0 Å². The second-order valence-corrected chi connectivity index (χ2v) is 7.59. The molecule has 0 amide bonds. The van der Waals surface area contributed by atoms with Gasteiger partial charge in [0.15, 0.2) is 0 Å². The maximum atomic E-state index is 10.7. The van der Waals surface area contributed by atoms with Crippen LogP contribution in [0.4, 0.5) is 0 Å². The second kappa shape index (κ2) is 6.50. The third-order valence-electron chi connectivity index (χ3n) is 3.68. The molecular formula is C12H21NO3S2. The fraction of sp³-hybridized carbons (Fsp3) is 0.917. The number of carboxylic acid groups (broad SMARTS) is 1. The first-order valence-corrected chi connectivity index (χ1v) is 8.63. The molecule has 2 rings (SSSR count). The quantitative estimate of drug-likeness (QED) is 0.819. The predicted molar refractivity (Wildman–Crippen MR) is 76.3 cm³/mol. The number of carboxylic acids is 1. The van der Waals surface area contributed by atoms with Crippen molar-refractivity contribution in [1.82, 2.24) is 0 Å². The summed E-state index contributed by atoms with van der Waals surface area (Å²) < 4.78 is 6.02. The molecule has 0 bridgehead atoms. The lowest BCUT2D eigenvalue weighted by molar-refractivity contribution is -0.137. The summed E-state index contributed by atoms with van der Waals surface area (Å²) in [5.74, 6) is 1.97. The molecule has 2 fully saturated rings. The van der Waals surface area contributed by atoms with E-state index >= 15 is 0 Å². The smallest absolute Gasteiger partial charge is 0.321 e. The average Bonchev–Trinajstić information content (AvgIpc) is 2.37. The summed E-state index contributed by atoms with van der Waals surface area (Å²) in [6.07, 6.45) is 4.36. The number of rotatable bonds is 4. The number of hydrogen-bond acceptors (Lipinski definition) is 5. The van der Waals surface area contributed by atoms with E-state index in [1.165, 1.54) is 11.5 Å². The van der Waals surface area contributed by atoms with Crippen LogP contribution < -0.4 is 5.73 Å². The average molecular weight is 291 g/mol. The van der Waals surface area contributed by atoms with Crippen LogP contribution in [0.2, 0.25) is 0 Å². The predicted octanol–water partition coefficient (Wildman–Crippen LogP) is 1.58. The summed E-state index contributed by atoms with van der Waals surface area (Å²) in [6.45, 7) is 0.810. The van der Waals surface area contributed by atoms with Gasteiger partial charge in [-0.25, -0.2) is 0 Å². The molecule has 2 heterocycles. The Bertz CT molecular complexity index is 290. The molecule has 4 nitrogen and oxygen atoms in total. The molecule has 0 aromatic carbocycles. The number of hydrogen-bond donors (Lipinski definition) is 2. The van der Waals surface area contributed by atoms with Crippen molar-refractivity contribution in [3.63, 3.8) is 0 Å². The third kappa shape index (κ3) is 3.79. The van der Waals surface area contributed by atoms with Crippen molar-refractivity contribution in [2.24, 2.45) is 5.73 Å². The largest absolute Gasteiger partial charge is 0.480 e. The molecule has 0 saturated carbocycles. The monoisotopic (exact) mass is 291 g/mol. The third-order valence-corrected chi connectivity index (χ3v) is 6.09. The van der Waals surface area contributed by atoms with Crippen LogP contribution >= 0.6 is 23.5 Å². The van der Waals surface area contributed by atoms with E-state index < -0.39 is 12.0 Å². The SMILES string of the molecule is N[C@H](CSC1CCOC2(CCSCC2)C1)C(=O)O. The van der Waals surface area contributed by atoms with Gasteiger partial charge >= 0.3 is 5.97 Å². The van der Waals surface area contributed by atoms with Gasteiger partial charge in [0.1, 0.15) is 6.04 Å². The van der Waals surface area contributed by atoms with E-state index in [0.29, 0.717) is 11.0 Å². The molecule has 0 aromatic heterocycles. The molecule has 6 heteroatoms. The second-order valence-electron chi connectivity index (χ2n) is 5.04. The van der Waals surface area contributed by atoms with E-state index in [0.717, 1.165) is 32.3 Å². The number of ether oxygens (including phenoxy) is 1. The normalized spacial score (nSPS) is 29.1. The zero-order valence-corrected chi connectivity index (χ0v) is 12.1. The Morgan fingerprint density at radius 1 is 1.56 bits per heavy atom. The summed E-state index contributed by atoms with van der Waals surface area (Å²) in [4.78, 5) is 10.7. The molecule has 0 aliphatic carbocycles.